The molecule has 0 atom stereocenters. The molecule has 0 radical (unpaired) electrons. The zero-order chi connectivity index (χ0) is 21.3. The van der Waals surface area contributed by atoms with E-state index in [1.165, 1.54) is 28.7 Å². The number of ether oxygens (including phenoxy) is 1. The summed E-state index contributed by atoms with van der Waals surface area (Å²) in [4.78, 5) is 28.5. The maximum absolute atomic E-state index is 13.2. The van der Waals surface area contributed by atoms with Crippen molar-refractivity contribution < 1.29 is 27.2 Å². The molecule has 0 saturated carbocycles. The van der Waals surface area contributed by atoms with Crippen molar-refractivity contribution in [3.05, 3.63) is 88.1 Å². The van der Waals surface area contributed by atoms with Crippen LogP contribution >= 0.6 is 0 Å². The average Bonchev–Trinajstić information content (AvgIpc) is 3.22. The molecule has 0 aliphatic heterocycles. The van der Waals surface area contributed by atoms with Crippen molar-refractivity contribution in [1.82, 2.24) is 14.5 Å². The van der Waals surface area contributed by atoms with Crippen LogP contribution in [-0.4, -0.2) is 20.5 Å². The van der Waals surface area contributed by atoms with E-state index in [1.807, 2.05) is 0 Å². The molecule has 0 amide bonds. The Hall–Kier alpha value is -3.95. The number of nitrogens with zero attached hydrogens (tertiary/aromatic N) is 3. The van der Waals surface area contributed by atoms with Crippen LogP contribution in [0.15, 0.2) is 70.1 Å². The Morgan fingerprint density at radius 2 is 1.87 bits per heavy atom. The maximum Gasteiger partial charge on any atom is 0.417 e. The van der Waals surface area contributed by atoms with Gasteiger partial charge in [-0.05, 0) is 18.2 Å². The molecule has 10 heteroatoms. The minimum atomic E-state index is -4.60. The molecule has 0 aliphatic rings. The third-order valence-corrected chi connectivity index (χ3v) is 4.19. The molecule has 0 bridgehead atoms. The summed E-state index contributed by atoms with van der Waals surface area (Å²) in [6, 6.07) is 12.1. The van der Waals surface area contributed by atoms with Gasteiger partial charge < -0.3 is 9.26 Å². The monoisotopic (exact) mass is 415 g/mol. The molecule has 0 fully saturated rings. The van der Waals surface area contributed by atoms with Crippen LogP contribution in [0.2, 0.25) is 0 Å². The number of hydrogen-bond donors (Lipinski definition) is 0. The van der Waals surface area contributed by atoms with Crippen molar-refractivity contribution in [2.45, 2.75) is 12.8 Å². The third-order valence-electron chi connectivity index (χ3n) is 4.19. The van der Waals surface area contributed by atoms with Gasteiger partial charge in [0.25, 0.3) is 5.56 Å². The molecule has 1 aromatic carbocycles. The van der Waals surface area contributed by atoms with Gasteiger partial charge in [-0.15, -0.1) is 0 Å². The smallest absolute Gasteiger partial charge is 0.417 e. The number of carbonyl (C=O) groups is 1. The zero-order valence-electron chi connectivity index (χ0n) is 15.1. The van der Waals surface area contributed by atoms with Crippen molar-refractivity contribution in [2.75, 3.05) is 0 Å². The molecule has 0 aliphatic carbocycles. The van der Waals surface area contributed by atoms with Gasteiger partial charge in [0.15, 0.2) is 11.5 Å². The van der Waals surface area contributed by atoms with Crippen LogP contribution in [0.25, 0.3) is 17.0 Å². The summed E-state index contributed by atoms with van der Waals surface area (Å²) in [6.07, 6.45) is -3.05. The predicted molar refractivity (Wildman–Crippen MR) is 97.5 cm³/mol. The van der Waals surface area contributed by atoms with Crippen molar-refractivity contribution in [2.24, 2.45) is 0 Å². The quantitative estimate of drug-likeness (QED) is 0.472. The normalized spacial score (nSPS) is 11.6. The Morgan fingerprint density at radius 3 is 2.67 bits per heavy atom. The summed E-state index contributed by atoms with van der Waals surface area (Å²) >= 11 is 0. The first-order valence-electron chi connectivity index (χ1n) is 8.61. The number of esters is 1. The first-order valence-corrected chi connectivity index (χ1v) is 8.61. The van der Waals surface area contributed by atoms with Crippen LogP contribution in [0, 0.1) is 0 Å². The van der Waals surface area contributed by atoms with Crippen LogP contribution in [0.5, 0.6) is 0 Å². The summed E-state index contributed by atoms with van der Waals surface area (Å²) < 4.78 is 50.8. The highest BCUT2D eigenvalue weighted by atomic mass is 19.4. The zero-order valence-corrected chi connectivity index (χ0v) is 15.1. The number of aromatic nitrogens is 3. The van der Waals surface area contributed by atoms with E-state index in [4.69, 9.17) is 9.26 Å². The van der Waals surface area contributed by atoms with E-state index in [0.717, 1.165) is 12.1 Å². The molecular formula is C20H12F3N3O4. The van der Waals surface area contributed by atoms with Crippen molar-refractivity contribution in [1.29, 1.82) is 0 Å². The van der Waals surface area contributed by atoms with E-state index in [9.17, 15) is 22.8 Å². The minimum absolute atomic E-state index is 0.214. The lowest BCUT2D eigenvalue weighted by atomic mass is 10.0. The molecule has 152 valence electrons. The van der Waals surface area contributed by atoms with E-state index in [2.05, 4.69) is 10.1 Å². The second-order valence-corrected chi connectivity index (χ2v) is 6.21. The van der Waals surface area contributed by atoms with E-state index < -0.39 is 17.7 Å². The lowest BCUT2D eigenvalue weighted by molar-refractivity contribution is -0.137. The lowest BCUT2D eigenvalue weighted by Gasteiger charge is -2.09. The number of alkyl halides is 3. The van der Waals surface area contributed by atoms with Gasteiger partial charge in [-0.25, -0.2) is 9.78 Å². The predicted octanol–water partition coefficient (Wildman–Crippen LogP) is 3.73. The summed E-state index contributed by atoms with van der Waals surface area (Å²) in [6.45, 7) is -0.319. The van der Waals surface area contributed by atoms with E-state index in [0.29, 0.717) is 5.65 Å². The second kappa shape index (κ2) is 7.47. The number of halogens is 3. The molecule has 3 aromatic heterocycles. The molecule has 0 saturated heterocycles. The number of carbonyl (C=O) groups excluding carboxylic acids is 1. The van der Waals surface area contributed by atoms with Gasteiger partial charge in [0.1, 0.15) is 12.3 Å². The molecule has 7 nitrogen and oxygen atoms in total. The van der Waals surface area contributed by atoms with Gasteiger partial charge in [-0.3, -0.25) is 9.20 Å². The Labute approximate surface area is 166 Å². The Kier molecular flexibility index (Phi) is 4.82. The van der Waals surface area contributed by atoms with E-state index in [1.54, 1.807) is 24.4 Å². The number of pyridine rings is 1. The fraction of sp³-hybridized carbons (Fsp3) is 0.100. The number of fused-ring (bicyclic) bond motifs is 1. The first kappa shape index (κ1) is 19.4. The minimum Gasteiger partial charge on any atom is -0.454 e. The van der Waals surface area contributed by atoms with Crippen LogP contribution in [0.1, 0.15) is 21.7 Å². The summed E-state index contributed by atoms with van der Waals surface area (Å²) in [7, 11) is 0. The largest absolute Gasteiger partial charge is 0.454 e. The molecule has 4 rings (SSSR count). The highest BCUT2D eigenvalue weighted by molar-refractivity contribution is 5.88. The van der Waals surface area contributed by atoms with Crippen molar-refractivity contribution >= 4 is 11.6 Å². The van der Waals surface area contributed by atoms with Crippen molar-refractivity contribution in [3.8, 4) is 11.3 Å². The third kappa shape index (κ3) is 3.79. The molecular weight excluding hydrogens is 403 g/mol. The highest BCUT2D eigenvalue weighted by Crippen LogP contribution is 2.37. The average molecular weight is 415 g/mol. The van der Waals surface area contributed by atoms with Crippen molar-refractivity contribution in [3.63, 3.8) is 0 Å². The summed E-state index contributed by atoms with van der Waals surface area (Å²) in [5.74, 6) is -1.15. The van der Waals surface area contributed by atoms with Crippen LogP contribution in [-0.2, 0) is 17.5 Å². The second-order valence-electron chi connectivity index (χ2n) is 6.21. The fourth-order valence-corrected chi connectivity index (χ4v) is 2.83. The lowest BCUT2D eigenvalue weighted by Crippen LogP contribution is -2.16. The molecule has 4 aromatic rings. The van der Waals surface area contributed by atoms with E-state index in [-0.39, 0.29) is 34.9 Å². The van der Waals surface area contributed by atoms with Gasteiger partial charge in [0.2, 0.25) is 0 Å². The number of benzene rings is 1. The first-order chi connectivity index (χ1) is 14.3. The standard InChI is InChI=1S/C20H12F3N3O4/c21-20(22,23)14-6-2-1-5-13(14)16-10-15(25-30-16)19(28)29-11-12-9-18(27)26-8-4-3-7-17(26)24-12/h1-10H,11H2. The Morgan fingerprint density at radius 1 is 1.10 bits per heavy atom. The molecule has 0 unspecified atom stereocenters. The fourth-order valence-electron chi connectivity index (χ4n) is 2.83. The Balaban J connectivity index is 1.53. The van der Waals surface area contributed by atoms with Crippen LogP contribution in [0.3, 0.4) is 0 Å². The van der Waals surface area contributed by atoms with E-state index >= 15 is 0 Å². The van der Waals surface area contributed by atoms with Gasteiger partial charge in [0.05, 0.1) is 11.3 Å². The Bertz CT molecular complexity index is 1290. The summed E-state index contributed by atoms with van der Waals surface area (Å²) in [5, 5.41) is 3.49. The SMILES string of the molecule is O=C(OCc1cc(=O)n2ccccc2n1)c1cc(-c2ccccc2C(F)(F)F)on1. The summed E-state index contributed by atoms with van der Waals surface area (Å²) in [5.41, 5.74) is -1.23. The molecule has 0 N–H and O–H groups in total. The molecule has 0 spiro atoms. The van der Waals surface area contributed by atoms with Gasteiger partial charge >= 0.3 is 12.1 Å². The van der Waals surface area contributed by atoms with Gasteiger partial charge in [-0.1, -0.05) is 29.4 Å². The van der Waals surface area contributed by atoms with Crippen LogP contribution in [0.4, 0.5) is 13.2 Å². The number of hydrogen-bond acceptors (Lipinski definition) is 6. The van der Waals surface area contributed by atoms with Gasteiger partial charge in [0, 0.05) is 23.9 Å². The van der Waals surface area contributed by atoms with Crippen LogP contribution < -0.4 is 5.56 Å². The highest BCUT2D eigenvalue weighted by Gasteiger charge is 2.34. The number of rotatable bonds is 4. The topological polar surface area (TPSA) is 86.7 Å². The molecule has 30 heavy (non-hydrogen) atoms. The van der Waals surface area contributed by atoms with Gasteiger partial charge in [-0.2, -0.15) is 13.2 Å². The molecule has 3 heterocycles. The maximum atomic E-state index is 13.2.